The van der Waals surface area contributed by atoms with Crippen molar-refractivity contribution in [2.24, 2.45) is 0 Å². The van der Waals surface area contributed by atoms with E-state index in [9.17, 15) is 9.90 Å². The fourth-order valence-electron chi connectivity index (χ4n) is 4.42. The van der Waals surface area contributed by atoms with Crippen molar-refractivity contribution in [2.45, 2.75) is 51.9 Å². The summed E-state index contributed by atoms with van der Waals surface area (Å²) in [5.74, 6) is 0.962. The minimum atomic E-state index is -0.681. The van der Waals surface area contributed by atoms with Crippen LogP contribution < -0.4 is 14.9 Å². The van der Waals surface area contributed by atoms with Gasteiger partial charge in [0.05, 0.1) is 18.2 Å². The molecule has 3 heterocycles. The second-order valence-electron chi connectivity index (χ2n) is 9.21. The van der Waals surface area contributed by atoms with Crippen molar-refractivity contribution >= 4 is 11.0 Å². The standard InChI is InChI=1S/C26H26O7/c1-13(2)6-11-16-22-18(20(27)17(12-30-22)14-7-9-15(29-5)10-8-14)21(28)19-23(16)31-26(3,4)25-24(19)32-33-25/h6-10,12,24-25,28H,11H2,1-5H3/t24-,25-/m0/s1. The van der Waals surface area contributed by atoms with Gasteiger partial charge in [0.25, 0.3) is 0 Å². The number of methoxy groups -OCH3 is 1. The average molecular weight is 450 g/mol. The number of aromatic hydroxyl groups is 1. The molecule has 0 radical (unpaired) electrons. The third-order valence-electron chi connectivity index (χ3n) is 6.27. The van der Waals surface area contributed by atoms with E-state index < -0.39 is 17.8 Å². The Morgan fingerprint density at radius 2 is 1.91 bits per heavy atom. The molecule has 3 aromatic rings. The largest absolute Gasteiger partial charge is 0.506 e. The Morgan fingerprint density at radius 3 is 2.52 bits per heavy atom. The van der Waals surface area contributed by atoms with Crippen LogP contribution in [-0.2, 0) is 16.2 Å². The third kappa shape index (κ3) is 3.31. The Labute approximate surface area is 191 Å². The molecule has 33 heavy (non-hydrogen) atoms. The number of hydrogen-bond donors (Lipinski definition) is 1. The molecule has 0 saturated carbocycles. The van der Waals surface area contributed by atoms with Crippen LogP contribution in [-0.4, -0.2) is 23.9 Å². The summed E-state index contributed by atoms with van der Waals surface area (Å²) in [5, 5.41) is 11.4. The Bertz CT molecular complexity index is 1330. The van der Waals surface area contributed by atoms with Crippen LogP contribution in [0.25, 0.3) is 22.1 Å². The first-order valence-corrected chi connectivity index (χ1v) is 10.8. The molecule has 0 amide bonds. The summed E-state index contributed by atoms with van der Waals surface area (Å²) in [5.41, 5.74) is 2.52. The predicted octanol–water partition coefficient (Wildman–Crippen LogP) is 5.23. The number of allylic oxidation sites excluding steroid dienone is 2. The third-order valence-corrected chi connectivity index (χ3v) is 6.27. The Kier molecular flexibility index (Phi) is 4.99. The monoisotopic (exact) mass is 450 g/mol. The molecule has 1 saturated heterocycles. The van der Waals surface area contributed by atoms with Crippen LogP contribution in [0.5, 0.6) is 17.2 Å². The van der Waals surface area contributed by atoms with Gasteiger partial charge >= 0.3 is 0 Å². The van der Waals surface area contributed by atoms with Gasteiger partial charge in [-0.3, -0.25) is 4.79 Å². The summed E-state index contributed by atoms with van der Waals surface area (Å²) in [7, 11) is 1.58. The molecule has 0 spiro atoms. The molecular weight excluding hydrogens is 424 g/mol. The van der Waals surface area contributed by atoms with Crippen LogP contribution in [0, 0.1) is 0 Å². The summed E-state index contributed by atoms with van der Waals surface area (Å²) >= 11 is 0. The van der Waals surface area contributed by atoms with E-state index in [0.29, 0.717) is 45.8 Å². The van der Waals surface area contributed by atoms with Crippen molar-refractivity contribution in [1.82, 2.24) is 0 Å². The van der Waals surface area contributed by atoms with E-state index in [1.807, 2.05) is 33.8 Å². The number of ether oxygens (including phenoxy) is 2. The number of phenols is 1. The Hall–Kier alpha value is -3.29. The van der Waals surface area contributed by atoms with Gasteiger partial charge in [-0.2, -0.15) is 0 Å². The number of phenolic OH excluding ortho intramolecular Hbond substituents is 1. The van der Waals surface area contributed by atoms with E-state index in [2.05, 4.69) is 0 Å². The molecule has 2 aliphatic rings. The molecule has 1 fully saturated rings. The minimum Gasteiger partial charge on any atom is -0.506 e. The first-order chi connectivity index (χ1) is 15.7. The maximum Gasteiger partial charge on any atom is 0.204 e. The second kappa shape index (κ2) is 7.64. The van der Waals surface area contributed by atoms with Crippen LogP contribution >= 0.6 is 0 Å². The quantitative estimate of drug-likeness (QED) is 0.430. The molecule has 7 heteroatoms. The van der Waals surface area contributed by atoms with Crippen molar-refractivity contribution in [2.75, 3.05) is 7.11 Å². The molecule has 0 unspecified atom stereocenters. The molecule has 1 aromatic heterocycles. The lowest BCUT2D eigenvalue weighted by Crippen LogP contribution is -2.56. The average Bonchev–Trinajstić information content (AvgIpc) is 2.74. The van der Waals surface area contributed by atoms with E-state index in [0.717, 1.165) is 5.57 Å². The zero-order valence-electron chi connectivity index (χ0n) is 19.2. The number of hydrogen-bond acceptors (Lipinski definition) is 7. The molecule has 2 atom stereocenters. The first kappa shape index (κ1) is 21.6. The Balaban J connectivity index is 1.79. The maximum atomic E-state index is 13.6. The molecular formula is C26H26O7. The van der Waals surface area contributed by atoms with Crippen molar-refractivity contribution < 1.29 is 28.8 Å². The van der Waals surface area contributed by atoms with E-state index in [4.69, 9.17) is 23.7 Å². The van der Waals surface area contributed by atoms with E-state index in [1.54, 1.807) is 31.4 Å². The fraction of sp³-hybridized carbons (Fsp3) is 0.346. The second-order valence-corrected chi connectivity index (χ2v) is 9.21. The SMILES string of the molecule is COc1ccc(-c2coc3c(CC=C(C)C)c4c(c(O)c3c2=O)[C@@H]2OO[C@@H]2C(C)(C)O4)cc1. The van der Waals surface area contributed by atoms with Gasteiger partial charge in [-0.05, 0) is 51.8 Å². The van der Waals surface area contributed by atoms with Gasteiger partial charge in [0.1, 0.15) is 40.1 Å². The number of rotatable bonds is 4. The highest BCUT2D eigenvalue weighted by atomic mass is 17.3. The Morgan fingerprint density at radius 1 is 1.18 bits per heavy atom. The topological polar surface area (TPSA) is 87.4 Å². The normalized spacial score (nSPS) is 20.3. The van der Waals surface area contributed by atoms with Crippen LogP contribution in [0.1, 0.15) is 44.9 Å². The van der Waals surface area contributed by atoms with Crippen LogP contribution in [0.3, 0.4) is 0 Å². The molecule has 7 nitrogen and oxygen atoms in total. The summed E-state index contributed by atoms with van der Waals surface area (Å²) in [6.07, 6.45) is 3.00. The molecule has 172 valence electrons. The van der Waals surface area contributed by atoms with Crippen LogP contribution in [0.15, 0.2) is 51.4 Å². The number of fused-ring (bicyclic) bond motifs is 4. The van der Waals surface area contributed by atoms with Gasteiger partial charge in [0, 0.05) is 5.56 Å². The van der Waals surface area contributed by atoms with Gasteiger partial charge in [-0.15, -0.1) is 0 Å². The highest BCUT2D eigenvalue weighted by Gasteiger charge is 2.55. The molecule has 5 rings (SSSR count). The summed E-state index contributed by atoms with van der Waals surface area (Å²) in [4.78, 5) is 24.3. The number of benzene rings is 2. The van der Waals surface area contributed by atoms with Gasteiger partial charge < -0.3 is 19.0 Å². The lowest BCUT2D eigenvalue weighted by Gasteiger charge is -2.49. The van der Waals surface area contributed by atoms with Crippen LogP contribution in [0.4, 0.5) is 0 Å². The molecule has 2 aliphatic heterocycles. The van der Waals surface area contributed by atoms with E-state index in [-0.39, 0.29) is 16.6 Å². The van der Waals surface area contributed by atoms with Gasteiger partial charge in [-0.25, -0.2) is 9.78 Å². The van der Waals surface area contributed by atoms with Crippen molar-refractivity contribution in [3.05, 3.63) is 63.5 Å². The minimum absolute atomic E-state index is 0.108. The molecule has 2 aromatic carbocycles. The van der Waals surface area contributed by atoms with Gasteiger partial charge in [-0.1, -0.05) is 23.8 Å². The summed E-state index contributed by atoms with van der Waals surface area (Å²) < 4.78 is 17.5. The van der Waals surface area contributed by atoms with E-state index in [1.165, 1.54) is 6.26 Å². The predicted molar refractivity (Wildman–Crippen MR) is 123 cm³/mol. The smallest absolute Gasteiger partial charge is 0.204 e. The zero-order chi connectivity index (χ0) is 23.5. The van der Waals surface area contributed by atoms with Crippen LogP contribution in [0.2, 0.25) is 0 Å². The lowest BCUT2D eigenvalue weighted by atomic mass is 9.84. The molecule has 0 aliphatic carbocycles. The molecule has 1 N–H and O–H groups in total. The van der Waals surface area contributed by atoms with Crippen molar-refractivity contribution in [3.8, 4) is 28.4 Å². The van der Waals surface area contributed by atoms with Crippen molar-refractivity contribution in [3.63, 3.8) is 0 Å². The lowest BCUT2D eigenvalue weighted by molar-refractivity contribution is -0.494. The van der Waals surface area contributed by atoms with Crippen molar-refractivity contribution in [1.29, 1.82) is 0 Å². The highest BCUT2D eigenvalue weighted by Crippen LogP contribution is 2.55. The first-order valence-electron chi connectivity index (χ1n) is 10.8. The highest BCUT2D eigenvalue weighted by molar-refractivity contribution is 5.93. The fourth-order valence-corrected chi connectivity index (χ4v) is 4.42. The van der Waals surface area contributed by atoms with Gasteiger partial charge in [0.15, 0.2) is 12.2 Å². The zero-order valence-corrected chi connectivity index (χ0v) is 19.2. The maximum absolute atomic E-state index is 13.6. The summed E-state index contributed by atoms with van der Waals surface area (Å²) in [6, 6.07) is 7.10. The van der Waals surface area contributed by atoms with E-state index >= 15 is 0 Å². The summed E-state index contributed by atoms with van der Waals surface area (Å²) in [6.45, 7) is 7.81. The molecule has 0 bridgehead atoms. The van der Waals surface area contributed by atoms with Gasteiger partial charge in [0.2, 0.25) is 5.43 Å².